The van der Waals surface area contributed by atoms with E-state index in [-0.39, 0.29) is 5.69 Å². The molecule has 26 heavy (non-hydrogen) atoms. The monoisotopic (exact) mass is 418 g/mol. The van der Waals surface area contributed by atoms with Gasteiger partial charge in [0.05, 0.1) is 33.1 Å². The molecule has 0 saturated carbocycles. The van der Waals surface area contributed by atoms with Crippen molar-refractivity contribution in [2.45, 2.75) is 12.4 Å². The fourth-order valence-electron chi connectivity index (χ4n) is 1.83. The molecule has 0 unspecified atom stereocenters. The smallest absolute Gasteiger partial charge is 0.275 e. The third-order valence-electron chi connectivity index (χ3n) is 3.07. The minimum Gasteiger partial charge on any atom is -0.275 e. The maximum Gasteiger partial charge on any atom is 0.416 e. The van der Waals surface area contributed by atoms with E-state index in [4.69, 9.17) is 23.2 Å². The Kier molecular flexibility index (Phi) is 5.72. The minimum absolute atomic E-state index is 0.218. The quantitative estimate of drug-likeness (QED) is 0.338. The lowest BCUT2D eigenvalue weighted by Gasteiger charge is -2.11. The molecule has 140 valence electrons. The van der Waals surface area contributed by atoms with Crippen LogP contribution >= 0.6 is 23.2 Å². The zero-order valence-electron chi connectivity index (χ0n) is 12.3. The topological polar surface area (TPSA) is 24.4 Å². The van der Waals surface area contributed by atoms with Gasteiger partial charge in [-0.05, 0) is 30.3 Å². The normalized spacial score (nSPS) is 12.7. The third kappa shape index (κ3) is 4.79. The van der Waals surface area contributed by atoms with Gasteiger partial charge in [-0.15, -0.1) is 0 Å². The molecular weight excluding hydrogens is 412 g/mol. The van der Waals surface area contributed by atoms with Crippen LogP contribution < -0.4 is 5.43 Å². The Morgan fingerprint density at radius 2 is 1.38 bits per heavy atom. The van der Waals surface area contributed by atoms with Crippen LogP contribution in [0.3, 0.4) is 0 Å². The number of hydrogen-bond donors (Lipinski definition) is 1. The highest BCUT2D eigenvalue weighted by Gasteiger charge is 2.32. The van der Waals surface area contributed by atoms with E-state index in [1.54, 1.807) is 0 Å². The molecule has 0 saturated heterocycles. The Bertz CT molecular complexity index is 822. The summed E-state index contributed by atoms with van der Waals surface area (Å²) in [5.41, 5.74) is -0.711. The van der Waals surface area contributed by atoms with E-state index >= 15 is 0 Å². The molecule has 2 nitrogen and oxygen atoms in total. The fourth-order valence-corrected chi connectivity index (χ4v) is 2.40. The average Bonchev–Trinajstić information content (AvgIpc) is 2.49. The van der Waals surface area contributed by atoms with Crippen LogP contribution in [-0.4, -0.2) is 6.21 Å². The van der Waals surface area contributed by atoms with Gasteiger partial charge in [-0.1, -0.05) is 23.2 Å². The second kappa shape index (κ2) is 7.32. The van der Waals surface area contributed by atoms with Crippen LogP contribution in [-0.2, 0) is 12.4 Å². The molecule has 2 rings (SSSR count). The molecule has 0 fully saturated rings. The van der Waals surface area contributed by atoms with Gasteiger partial charge in [-0.2, -0.15) is 31.4 Å². The number of rotatable bonds is 3. The number of alkyl halides is 6. The predicted molar refractivity (Wildman–Crippen MR) is 84.1 cm³/mol. The van der Waals surface area contributed by atoms with Crippen molar-refractivity contribution in [3.8, 4) is 0 Å². The Hall–Kier alpha value is -2.00. The summed E-state index contributed by atoms with van der Waals surface area (Å²) >= 11 is 11.4. The number of hydrogen-bond acceptors (Lipinski definition) is 2. The molecule has 0 amide bonds. The highest BCUT2D eigenvalue weighted by molar-refractivity contribution is 6.39. The molecule has 2 aromatic rings. The second-order valence-corrected chi connectivity index (χ2v) is 5.73. The summed E-state index contributed by atoms with van der Waals surface area (Å²) in [7, 11) is 0. The molecule has 0 aliphatic carbocycles. The number of benzene rings is 2. The van der Waals surface area contributed by atoms with Crippen molar-refractivity contribution in [3.63, 3.8) is 0 Å². The van der Waals surface area contributed by atoms with E-state index in [0.29, 0.717) is 30.3 Å². The highest BCUT2D eigenvalue weighted by atomic mass is 35.5. The Balaban J connectivity index is 2.27. The van der Waals surface area contributed by atoms with Gasteiger partial charge in [0.1, 0.15) is 5.82 Å². The first-order valence-electron chi connectivity index (χ1n) is 6.61. The van der Waals surface area contributed by atoms with Crippen molar-refractivity contribution in [2.75, 3.05) is 5.43 Å². The van der Waals surface area contributed by atoms with Gasteiger partial charge in [-0.25, -0.2) is 4.39 Å². The first kappa shape index (κ1) is 20.3. The van der Waals surface area contributed by atoms with Gasteiger partial charge >= 0.3 is 12.4 Å². The summed E-state index contributed by atoms with van der Waals surface area (Å²) in [5, 5.41) is 2.63. The van der Waals surface area contributed by atoms with E-state index in [0.717, 1.165) is 6.21 Å². The van der Waals surface area contributed by atoms with Crippen molar-refractivity contribution in [1.82, 2.24) is 0 Å². The van der Waals surface area contributed by atoms with Crippen LogP contribution in [0.4, 0.5) is 36.4 Å². The zero-order valence-corrected chi connectivity index (χ0v) is 13.8. The molecule has 11 heteroatoms. The average molecular weight is 419 g/mol. The highest BCUT2D eigenvalue weighted by Crippen LogP contribution is 2.38. The first-order valence-corrected chi connectivity index (χ1v) is 7.37. The van der Waals surface area contributed by atoms with Crippen molar-refractivity contribution in [2.24, 2.45) is 5.10 Å². The van der Waals surface area contributed by atoms with Gasteiger partial charge in [0.25, 0.3) is 0 Å². The minimum atomic E-state index is -4.68. The molecule has 1 N–H and O–H groups in total. The summed E-state index contributed by atoms with van der Waals surface area (Å²) in [6, 6.07) is 2.88. The molecule has 0 radical (unpaired) electrons. The summed E-state index contributed by atoms with van der Waals surface area (Å²) in [5.74, 6) is -0.979. The van der Waals surface area contributed by atoms with Crippen LogP contribution in [0.15, 0.2) is 35.4 Å². The maximum absolute atomic E-state index is 13.6. The maximum atomic E-state index is 13.6. The standard InChI is InChI=1S/C15H7Cl2F7N2/c16-10-4-9(15(22,23)24)5-11(17)13(10)26-25-6-7-3-8(14(19,20)21)1-2-12(7)18/h1-6,26H. The number of hydrazone groups is 1. The van der Waals surface area contributed by atoms with Crippen molar-refractivity contribution < 1.29 is 30.7 Å². The van der Waals surface area contributed by atoms with E-state index in [1.807, 2.05) is 0 Å². The molecule has 0 aliphatic heterocycles. The van der Waals surface area contributed by atoms with Gasteiger partial charge < -0.3 is 0 Å². The third-order valence-corrected chi connectivity index (χ3v) is 3.67. The molecular formula is C15H7Cl2F7N2. The summed E-state index contributed by atoms with van der Waals surface area (Å²) in [6.45, 7) is 0. The van der Waals surface area contributed by atoms with Crippen molar-refractivity contribution >= 4 is 35.1 Å². The van der Waals surface area contributed by atoms with Crippen molar-refractivity contribution in [1.29, 1.82) is 0 Å². The zero-order chi connectivity index (χ0) is 19.7. The van der Waals surface area contributed by atoms with Gasteiger partial charge in [0, 0.05) is 5.56 Å². The molecule has 0 atom stereocenters. The largest absolute Gasteiger partial charge is 0.416 e. The summed E-state index contributed by atoms with van der Waals surface area (Å²) in [4.78, 5) is 0. The number of anilines is 1. The first-order chi connectivity index (χ1) is 11.9. The molecule has 2 aromatic carbocycles. The van der Waals surface area contributed by atoms with Crippen LogP contribution in [0.5, 0.6) is 0 Å². The molecule has 0 aromatic heterocycles. The van der Waals surface area contributed by atoms with Gasteiger partial charge in [0.2, 0.25) is 0 Å². The second-order valence-electron chi connectivity index (χ2n) is 4.92. The Labute approximate surface area is 152 Å². The lowest BCUT2D eigenvalue weighted by Crippen LogP contribution is -2.07. The van der Waals surface area contributed by atoms with Crippen LogP contribution in [0, 0.1) is 5.82 Å². The SMILES string of the molecule is Fc1ccc(C(F)(F)F)cc1C=NNc1c(Cl)cc(C(F)(F)F)cc1Cl. The lowest BCUT2D eigenvalue weighted by molar-refractivity contribution is -0.138. The van der Waals surface area contributed by atoms with Crippen LogP contribution in [0.1, 0.15) is 16.7 Å². The molecule has 0 heterocycles. The Morgan fingerprint density at radius 3 is 1.88 bits per heavy atom. The van der Waals surface area contributed by atoms with Crippen molar-refractivity contribution in [3.05, 3.63) is 62.9 Å². The fraction of sp³-hybridized carbons (Fsp3) is 0.133. The summed E-state index contributed by atoms with van der Waals surface area (Å²) < 4.78 is 89.3. The summed E-state index contributed by atoms with van der Waals surface area (Å²) in [6.07, 6.45) is -8.63. The van der Waals surface area contributed by atoms with Gasteiger partial charge in [-0.3, -0.25) is 5.43 Å². The van der Waals surface area contributed by atoms with E-state index < -0.39 is 44.9 Å². The lowest BCUT2D eigenvalue weighted by atomic mass is 10.1. The molecule has 0 aliphatic rings. The van der Waals surface area contributed by atoms with Crippen LogP contribution in [0.25, 0.3) is 0 Å². The van der Waals surface area contributed by atoms with E-state index in [2.05, 4.69) is 10.5 Å². The number of halogens is 9. The predicted octanol–water partition coefficient (Wildman–Crippen LogP) is 6.62. The van der Waals surface area contributed by atoms with E-state index in [9.17, 15) is 30.7 Å². The molecule has 0 spiro atoms. The van der Waals surface area contributed by atoms with E-state index in [1.165, 1.54) is 0 Å². The number of nitrogens with one attached hydrogen (secondary N) is 1. The van der Waals surface area contributed by atoms with Crippen LogP contribution in [0.2, 0.25) is 10.0 Å². The molecule has 0 bridgehead atoms. The number of nitrogens with zero attached hydrogens (tertiary/aromatic N) is 1. The Morgan fingerprint density at radius 1 is 0.846 bits per heavy atom. The van der Waals surface area contributed by atoms with Gasteiger partial charge in [0.15, 0.2) is 0 Å².